The first-order valence-electron chi connectivity index (χ1n) is 7.67. The molecule has 0 aliphatic rings. The van der Waals surface area contributed by atoms with Crippen LogP contribution in [0.2, 0.25) is 0 Å². The van der Waals surface area contributed by atoms with Gasteiger partial charge in [-0.1, -0.05) is 72.8 Å². The van der Waals surface area contributed by atoms with E-state index in [1.807, 2.05) is 54.6 Å². The summed E-state index contributed by atoms with van der Waals surface area (Å²) < 4.78 is 14.9. The van der Waals surface area contributed by atoms with E-state index in [0.717, 1.165) is 11.1 Å². The zero-order valence-corrected chi connectivity index (χ0v) is 11.4. The predicted octanol–water partition coefficient (Wildman–Crippen LogP) is 3.30. The third-order valence-electron chi connectivity index (χ3n) is 2.43. The standard InChI is InChI=1S/C9H12O.C9H10O/c2*10-8-4-7-9-5-2-1-3-6-9/h1-3,5-6,10H,4,7-8H2;1-7,10H,8H2/b;7-4+/i4D,7D;. The molecule has 0 radical (unpaired) electrons. The van der Waals surface area contributed by atoms with Gasteiger partial charge >= 0.3 is 0 Å². The van der Waals surface area contributed by atoms with Crippen LogP contribution in [0.15, 0.2) is 66.7 Å². The van der Waals surface area contributed by atoms with Crippen LogP contribution in [0, 0.1) is 0 Å². The van der Waals surface area contributed by atoms with Gasteiger partial charge in [0, 0.05) is 9.35 Å². The number of benzene rings is 2. The van der Waals surface area contributed by atoms with Crippen LogP contribution < -0.4 is 0 Å². The maximum atomic E-state index is 8.66. The van der Waals surface area contributed by atoms with Crippen molar-refractivity contribution in [2.24, 2.45) is 0 Å². The zero-order valence-electron chi connectivity index (χ0n) is 13.4. The van der Waals surface area contributed by atoms with Gasteiger partial charge in [-0.15, -0.1) is 0 Å². The van der Waals surface area contributed by atoms with E-state index in [-0.39, 0.29) is 13.2 Å². The third kappa shape index (κ3) is 7.52. The SMILES string of the molecule is OC/C=C/c1ccccc1.[2H]C(CO)C([2H])c1ccccc1. The number of aliphatic hydroxyl groups excluding tert-OH is 2. The van der Waals surface area contributed by atoms with E-state index in [0.29, 0.717) is 0 Å². The minimum absolute atomic E-state index is 0.106. The summed E-state index contributed by atoms with van der Waals surface area (Å²) in [6, 6.07) is 19.0. The lowest BCUT2D eigenvalue weighted by atomic mass is 10.1. The molecule has 0 spiro atoms. The van der Waals surface area contributed by atoms with Crippen LogP contribution in [0.4, 0.5) is 0 Å². The fraction of sp³-hybridized carbons (Fsp3) is 0.222. The highest BCUT2D eigenvalue weighted by Crippen LogP contribution is 2.01. The van der Waals surface area contributed by atoms with Crippen LogP contribution in [0.1, 0.15) is 20.3 Å². The van der Waals surface area contributed by atoms with Gasteiger partial charge in [0.15, 0.2) is 0 Å². The molecule has 0 aromatic heterocycles. The Hall–Kier alpha value is -1.90. The molecule has 2 atom stereocenters. The molecule has 2 rings (SSSR count). The van der Waals surface area contributed by atoms with Crippen molar-refractivity contribution >= 4 is 6.08 Å². The van der Waals surface area contributed by atoms with Crippen LogP contribution in [-0.4, -0.2) is 23.4 Å². The molecule has 2 N–H and O–H groups in total. The first-order valence-corrected chi connectivity index (χ1v) is 6.51. The van der Waals surface area contributed by atoms with Crippen molar-refractivity contribution in [1.29, 1.82) is 0 Å². The highest BCUT2D eigenvalue weighted by atomic mass is 16.3. The number of aryl methyl sites for hydroxylation is 1. The second kappa shape index (κ2) is 11.0. The molecule has 20 heavy (non-hydrogen) atoms. The molecule has 0 aliphatic carbocycles. The highest BCUT2D eigenvalue weighted by Gasteiger charge is 1.88. The Morgan fingerprint density at radius 2 is 1.50 bits per heavy atom. The zero-order chi connectivity index (χ0) is 16.2. The van der Waals surface area contributed by atoms with E-state index < -0.39 is 12.8 Å². The van der Waals surface area contributed by atoms with E-state index >= 15 is 0 Å². The fourth-order valence-electron chi connectivity index (χ4n) is 1.51. The second-order valence-corrected chi connectivity index (χ2v) is 3.99. The molecule has 0 amide bonds. The van der Waals surface area contributed by atoms with Crippen LogP contribution in [0.25, 0.3) is 6.08 Å². The van der Waals surface area contributed by atoms with Crippen LogP contribution in [0.5, 0.6) is 0 Å². The molecule has 2 unspecified atom stereocenters. The van der Waals surface area contributed by atoms with Crippen molar-refractivity contribution in [2.45, 2.75) is 12.8 Å². The topological polar surface area (TPSA) is 40.5 Å². The molecule has 0 fully saturated rings. The van der Waals surface area contributed by atoms with Gasteiger partial charge in [-0.2, -0.15) is 0 Å². The van der Waals surface area contributed by atoms with Crippen molar-refractivity contribution in [3.8, 4) is 0 Å². The maximum absolute atomic E-state index is 8.66. The van der Waals surface area contributed by atoms with E-state index in [9.17, 15) is 0 Å². The number of hydrogen-bond acceptors (Lipinski definition) is 2. The summed E-state index contributed by atoms with van der Waals surface area (Å²) in [4.78, 5) is 0. The van der Waals surface area contributed by atoms with Crippen molar-refractivity contribution in [3.63, 3.8) is 0 Å². The molecular weight excluding hydrogens is 248 g/mol. The first-order chi connectivity index (χ1) is 10.7. The first kappa shape index (κ1) is 13.1. The smallest absolute Gasteiger partial charge is 0.0615 e. The van der Waals surface area contributed by atoms with Crippen molar-refractivity contribution < 1.29 is 13.0 Å². The van der Waals surface area contributed by atoms with Gasteiger partial charge in [-0.05, 0) is 23.9 Å². The molecular formula is C18H22O2. The summed E-state index contributed by atoms with van der Waals surface area (Å²) in [5.41, 5.74) is 1.91. The monoisotopic (exact) mass is 272 g/mol. The molecule has 2 heteroatoms. The van der Waals surface area contributed by atoms with Crippen LogP contribution in [-0.2, 0) is 6.40 Å². The number of aliphatic hydroxyl groups is 2. The summed E-state index contributed by atoms with van der Waals surface area (Å²) in [5, 5.41) is 17.1. The highest BCUT2D eigenvalue weighted by molar-refractivity contribution is 5.48. The molecule has 2 aromatic rings. The molecule has 0 saturated carbocycles. The largest absolute Gasteiger partial charge is 0.396 e. The molecule has 0 aliphatic heterocycles. The normalized spacial score (nSPS) is 14.7. The van der Waals surface area contributed by atoms with Gasteiger partial charge in [0.1, 0.15) is 0 Å². The molecule has 0 saturated heterocycles. The Kier molecular flexibility index (Phi) is 7.19. The lowest BCUT2D eigenvalue weighted by molar-refractivity contribution is 0.288. The van der Waals surface area contributed by atoms with Gasteiger partial charge < -0.3 is 10.2 Å². The third-order valence-corrected chi connectivity index (χ3v) is 2.43. The van der Waals surface area contributed by atoms with Gasteiger partial charge in [0.25, 0.3) is 0 Å². The van der Waals surface area contributed by atoms with Gasteiger partial charge in [-0.3, -0.25) is 0 Å². The van der Waals surface area contributed by atoms with Crippen molar-refractivity contribution in [1.82, 2.24) is 0 Å². The lowest BCUT2D eigenvalue weighted by Gasteiger charge is -1.96. The second-order valence-electron chi connectivity index (χ2n) is 3.99. The van der Waals surface area contributed by atoms with E-state index in [1.54, 1.807) is 18.2 Å². The van der Waals surface area contributed by atoms with Crippen molar-refractivity contribution in [2.75, 3.05) is 13.2 Å². The number of hydrogen-bond donors (Lipinski definition) is 2. The lowest BCUT2D eigenvalue weighted by Crippen LogP contribution is -1.87. The van der Waals surface area contributed by atoms with Crippen LogP contribution in [0.3, 0.4) is 0 Å². The van der Waals surface area contributed by atoms with Crippen molar-refractivity contribution in [3.05, 3.63) is 77.9 Å². The Balaban J connectivity index is 0.000000224. The van der Waals surface area contributed by atoms with Gasteiger partial charge in [-0.25, -0.2) is 0 Å². The Morgan fingerprint density at radius 3 is 2.05 bits per heavy atom. The molecule has 106 valence electrons. The minimum Gasteiger partial charge on any atom is -0.396 e. The molecule has 2 aromatic carbocycles. The summed E-state index contributed by atoms with van der Waals surface area (Å²) >= 11 is 0. The quantitative estimate of drug-likeness (QED) is 0.876. The molecule has 0 heterocycles. The Bertz CT molecular complexity index is 529. The van der Waals surface area contributed by atoms with E-state index in [1.165, 1.54) is 0 Å². The Labute approximate surface area is 123 Å². The van der Waals surface area contributed by atoms with Gasteiger partial charge in [0.2, 0.25) is 0 Å². The fourth-order valence-corrected chi connectivity index (χ4v) is 1.51. The average molecular weight is 272 g/mol. The summed E-state index contributed by atoms with van der Waals surface area (Å²) in [7, 11) is 0. The number of rotatable bonds is 5. The van der Waals surface area contributed by atoms with Gasteiger partial charge in [0.05, 0.1) is 6.61 Å². The summed E-state index contributed by atoms with van der Waals surface area (Å²) in [6.07, 6.45) is 2.22. The van der Waals surface area contributed by atoms with E-state index in [2.05, 4.69) is 0 Å². The summed E-state index contributed by atoms with van der Waals surface area (Å²) in [5.74, 6) is 0. The predicted molar refractivity (Wildman–Crippen MR) is 84.4 cm³/mol. The van der Waals surface area contributed by atoms with E-state index in [4.69, 9.17) is 13.0 Å². The summed E-state index contributed by atoms with van der Waals surface area (Å²) in [6.45, 7) is -0.155. The Morgan fingerprint density at radius 1 is 0.900 bits per heavy atom. The minimum atomic E-state index is -0.743. The maximum Gasteiger partial charge on any atom is 0.0615 e. The molecule has 2 nitrogen and oxygen atoms in total. The average Bonchev–Trinajstić information content (AvgIpc) is 2.60. The van der Waals surface area contributed by atoms with Crippen LogP contribution >= 0.6 is 0 Å². The molecule has 0 bridgehead atoms.